The molecule has 0 radical (unpaired) electrons. The lowest BCUT2D eigenvalue weighted by Crippen LogP contribution is -2.38. The van der Waals surface area contributed by atoms with E-state index >= 15 is 0 Å². The molecular weight excluding hydrogens is 270 g/mol. The number of hydrogen-bond donors (Lipinski definition) is 0. The molecule has 0 aromatic carbocycles. The maximum atomic E-state index is 12.8. The van der Waals surface area contributed by atoms with Crippen LogP contribution in [0, 0.1) is 6.92 Å². The van der Waals surface area contributed by atoms with Crippen molar-refractivity contribution in [2.24, 2.45) is 7.05 Å². The number of carbonyl (C=O) groups excluding carboxylic acids is 1. The Morgan fingerprint density at radius 1 is 1.50 bits per heavy atom. The van der Waals surface area contributed by atoms with Crippen molar-refractivity contribution in [1.82, 2.24) is 14.7 Å². The smallest absolute Gasteiger partial charge is 0.264 e. The van der Waals surface area contributed by atoms with Gasteiger partial charge in [0.2, 0.25) is 0 Å². The fourth-order valence-corrected chi connectivity index (χ4v) is 4.31. The molecule has 0 unspecified atom stereocenters. The highest BCUT2D eigenvalue weighted by molar-refractivity contribution is 7.20. The first-order valence-electron chi connectivity index (χ1n) is 7.36. The Morgan fingerprint density at radius 3 is 2.80 bits per heavy atom. The molecule has 4 nitrogen and oxygen atoms in total. The second kappa shape index (κ2) is 5.20. The Hall–Kier alpha value is -1.36. The predicted octanol–water partition coefficient (Wildman–Crippen LogP) is 3.35. The number of aryl methyl sites for hydroxylation is 2. The van der Waals surface area contributed by atoms with Crippen molar-refractivity contribution in [1.29, 1.82) is 0 Å². The normalized spacial score (nSPS) is 16.1. The summed E-state index contributed by atoms with van der Waals surface area (Å²) in [5.41, 5.74) is 1.00. The van der Waals surface area contributed by atoms with Crippen LogP contribution in [-0.2, 0) is 7.05 Å². The van der Waals surface area contributed by atoms with E-state index in [2.05, 4.69) is 16.9 Å². The molecule has 0 aliphatic heterocycles. The van der Waals surface area contributed by atoms with Gasteiger partial charge in [-0.3, -0.25) is 9.48 Å². The summed E-state index contributed by atoms with van der Waals surface area (Å²) >= 11 is 1.56. The van der Waals surface area contributed by atoms with Gasteiger partial charge in [0.15, 0.2) is 0 Å². The van der Waals surface area contributed by atoms with Crippen LogP contribution >= 0.6 is 11.3 Å². The first-order valence-corrected chi connectivity index (χ1v) is 8.17. The maximum Gasteiger partial charge on any atom is 0.264 e. The number of rotatable bonds is 3. The van der Waals surface area contributed by atoms with E-state index in [-0.39, 0.29) is 5.91 Å². The van der Waals surface area contributed by atoms with Gasteiger partial charge < -0.3 is 4.90 Å². The largest absolute Gasteiger partial charge is 0.335 e. The van der Waals surface area contributed by atoms with Gasteiger partial charge in [0, 0.05) is 25.0 Å². The van der Waals surface area contributed by atoms with Crippen LogP contribution in [-0.4, -0.2) is 33.2 Å². The summed E-state index contributed by atoms with van der Waals surface area (Å²) in [6.07, 6.45) is 4.82. The molecule has 108 valence electrons. The topological polar surface area (TPSA) is 38.1 Å². The molecule has 1 aliphatic carbocycles. The average Bonchev–Trinajstić information content (AvgIpc) is 3.12. The van der Waals surface area contributed by atoms with Crippen LogP contribution in [0.1, 0.15) is 48.0 Å². The molecule has 1 amide bonds. The highest BCUT2D eigenvalue weighted by Gasteiger charge is 2.27. The molecule has 2 heterocycles. The SMILES string of the molecule is CCN(C(=O)c1cc2c(C)nn(C)c2s1)C1CCCC1. The summed E-state index contributed by atoms with van der Waals surface area (Å²) in [7, 11) is 1.94. The number of carbonyl (C=O) groups is 1. The monoisotopic (exact) mass is 291 g/mol. The van der Waals surface area contributed by atoms with Gasteiger partial charge in [-0.2, -0.15) is 5.10 Å². The number of aromatic nitrogens is 2. The van der Waals surface area contributed by atoms with Gasteiger partial charge in [-0.25, -0.2) is 0 Å². The zero-order valence-corrected chi connectivity index (χ0v) is 13.2. The molecular formula is C15H21N3OS. The minimum absolute atomic E-state index is 0.194. The summed E-state index contributed by atoms with van der Waals surface area (Å²) < 4.78 is 1.87. The van der Waals surface area contributed by atoms with E-state index in [1.807, 2.05) is 24.7 Å². The quantitative estimate of drug-likeness (QED) is 0.870. The van der Waals surface area contributed by atoms with E-state index in [1.165, 1.54) is 12.8 Å². The summed E-state index contributed by atoms with van der Waals surface area (Å²) in [6, 6.07) is 2.46. The minimum atomic E-state index is 0.194. The highest BCUT2D eigenvalue weighted by Crippen LogP contribution is 2.31. The summed E-state index contributed by atoms with van der Waals surface area (Å²) in [5.74, 6) is 0.194. The van der Waals surface area contributed by atoms with Gasteiger partial charge in [0.05, 0.1) is 10.6 Å². The van der Waals surface area contributed by atoms with Crippen LogP contribution in [0.5, 0.6) is 0 Å². The van der Waals surface area contributed by atoms with Gasteiger partial charge in [-0.15, -0.1) is 11.3 Å². The van der Waals surface area contributed by atoms with Crippen molar-refractivity contribution in [2.75, 3.05) is 6.54 Å². The Bertz CT molecular complexity index is 602. The number of thiophene rings is 1. The van der Waals surface area contributed by atoms with Gasteiger partial charge in [0.25, 0.3) is 5.91 Å². The molecule has 2 aromatic rings. The van der Waals surface area contributed by atoms with Crippen LogP contribution in [0.3, 0.4) is 0 Å². The highest BCUT2D eigenvalue weighted by atomic mass is 32.1. The van der Waals surface area contributed by atoms with E-state index in [9.17, 15) is 4.79 Å². The van der Waals surface area contributed by atoms with Gasteiger partial charge in [0.1, 0.15) is 4.83 Å². The summed E-state index contributed by atoms with van der Waals surface area (Å²) in [4.78, 5) is 16.8. The minimum Gasteiger partial charge on any atom is -0.335 e. The molecule has 0 spiro atoms. The fraction of sp³-hybridized carbons (Fsp3) is 0.600. The molecule has 5 heteroatoms. The van der Waals surface area contributed by atoms with Crippen molar-refractivity contribution in [3.63, 3.8) is 0 Å². The molecule has 1 aliphatic rings. The van der Waals surface area contributed by atoms with E-state index in [4.69, 9.17) is 0 Å². The van der Waals surface area contributed by atoms with Crippen molar-refractivity contribution < 1.29 is 4.79 Å². The Labute approximate surface area is 123 Å². The van der Waals surface area contributed by atoms with Crippen molar-refractivity contribution in [3.8, 4) is 0 Å². The lowest BCUT2D eigenvalue weighted by Gasteiger charge is -2.27. The first-order chi connectivity index (χ1) is 9.61. The third-order valence-corrected chi connectivity index (χ3v) is 5.46. The number of hydrogen-bond acceptors (Lipinski definition) is 3. The summed E-state index contributed by atoms with van der Waals surface area (Å²) in [5, 5.41) is 5.51. The number of nitrogens with zero attached hydrogens (tertiary/aromatic N) is 3. The van der Waals surface area contributed by atoms with Crippen LogP contribution in [0.2, 0.25) is 0 Å². The average molecular weight is 291 g/mol. The van der Waals surface area contributed by atoms with Crippen LogP contribution in [0.4, 0.5) is 0 Å². The van der Waals surface area contributed by atoms with E-state index in [0.717, 1.165) is 40.2 Å². The third kappa shape index (κ3) is 2.14. The van der Waals surface area contributed by atoms with Crippen LogP contribution in [0.25, 0.3) is 10.2 Å². The molecule has 3 rings (SSSR count). The lowest BCUT2D eigenvalue weighted by atomic mass is 10.2. The molecule has 2 aromatic heterocycles. The Balaban J connectivity index is 1.92. The zero-order chi connectivity index (χ0) is 14.3. The van der Waals surface area contributed by atoms with Gasteiger partial charge >= 0.3 is 0 Å². The third-order valence-electron chi connectivity index (χ3n) is 4.27. The van der Waals surface area contributed by atoms with Crippen molar-refractivity contribution in [3.05, 3.63) is 16.6 Å². The molecule has 0 atom stereocenters. The molecule has 1 saturated carbocycles. The van der Waals surface area contributed by atoms with Gasteiger partial charge in [-0.1, -0.05) is 12.8 Å². The molecule has 20 heavy (non-hydrogen) atoms. The van der Waals surface area contributed by atoms with Crippen molar-refractivity contribution in [2.45, 2.75) is 45.6 Å². The van der Waals surface area contributed by atoms with E-state index < -0.39 is 0 Å². The maximum absolute atomic E-state index is 12.8. The molecule has 0 N–H and O–H groups in total. The van der Waals surface area contributed by atoms with Crippen LogP contribution < -0.4 is 0 Å². The van der Waals surface area contributed by atoms with Gasteiger partial charge in [-0.05, 0) is 32.8 Å². The standard InChI is InChI=1S/C15H21N3OS/c1-4-18(11-7-5-6-8-11)14(19)13-9-12-10(2)16-17(3)15(12)20-13/h9,11H,4-8H2,1-3H3. The van der Waals surface area contributed by atoms with E-state index in [0.29, 0.717) is 6.04 Å². The Morgan fingerprint density at radius 2 is 2.20 bits per heavy atom. The number of amides is 1. The van der Waals surface area contributed by atoms with Crippen LogP contribution in [0.15, 0.2) is 6.07 Å². The second-order valence-electron chi connectivity index (χ2n) is 5.57. The Kier molecular flexibility index (Phi) is 3.54. The zero-order valence-electron chi connectivity index (χ0n) is 12.3. The molecule has 0 saturated heterocycles. The summed E-state index contributed by atoms with van der Waals surface area (Å²) in [6.45, 7) is 4.88. The first kappa shape index (κ1) is 13.6. The van der Waals surface area contributed by atoms with E-state index in [1.54, 1.807) is 11.3 Å². The fourth-order valence-electron chi connectivity index (χ4n) is 3.24. The predicted molar refractivity (Wildman–Crippen MR) is 82.3 cm³/mol. The lowest BCUT2D eigenvalue weighted by molar-refractivity contribution is 0.0698. The van der Waals surface area contributed by atoms with Crippen molar-refractivity contribution >= 4 is 27.5 Å². The molecule has 1 fully saturated rings. The molecule has 0 bridgehead atoms. The number of fused-ring (bicyclic) bond motifs is 1. The second-order valence-corrected chi connectivity index (χ2v) is 6.60.